The summed E-state index contributed by atoms with van der Waals surface area (Å²) in [5, 5.41) is 4.55. The number of anilines is 3. The van der Waals surface area contributed by atoms with Gasteiger partial charge in [-0.15, -0.1) is 0 Å². The Morgan fingerprint density at radius 2 is 0.969 bits per heavy atom. The predicted molar refractivity (Wildman–Crippen MR) is 264 cm³/mol. The highest BCUT2D eigenvalue weighted by Gasteiger charge is 2.52. The highest BCUT2D eigenvalue weighted by Crippen LogP contribution is 2.64. The first-order valence-electron chi connectivity index (χ1n) is 22.1. The number of hydrogen-bond donors (Lipinski definition) is 0. The van der Waals surface area contributed by atoms with E-state index >= 15 is 0 Å². The lowest BCUT2D eigenvalue weighted by Crippen LogP contribution is -2.26. The van der Waals surface area contributed by atoms with Crippen LogP contribution < -0.4 is 4.90 Å². The Labute approximate surface area is 370 Å². The number of benzene rings is 10. The van der Waals surface area contributed by atoms with Gasteiger partial charge in [-0.05, 0) is 111 Å². The van der Waals surface area contributed by atoms with E-state index in [9.17, 15) is 0 Å². The van der Waals surface area contributed by atoms with Crippen molar-refractivity contribution in [2.45, 2.75) is 5.41 Å². The van der Waals surface area contributed by atoms with Crippen molar-refractivity contribution >= 4 is 60.8 Å². The molecule has 0 unspecified atom stereocenters. The van der Waals surface area contributed by atoms with Gasteiger partial charge in [-0.1, -0.05) is 170 Å². The summed E-state index contributed by atoms with van der Waals surface area (Å²) < 4.78 is 9.15. The van der Waals surface area contributed by atoms with E-state index in [1.807, 2.05) is 6.07 Å². The molecule has 0 aliphatic heterocycles. The molecule has 2 aliphatic carbocycles. The zero-order valence-corrected chi connectivity index (χ0v) is 34.7. The summed E-state index contributed by atoms with van der Waals surface area (Å²) >= 11 is 0. The molecule has 10 aromatic carbocycles. The van der Waals surface area contributed by atoms with Crippen molar-refractivity contribution in [3.63, 3.8) is 0 Å². The molecule has 3 heteroatoms. The van der Waals surface area contributed by atoms with Gasteiger partial charge in [-0.25, -0.2) is 0 Å². The molecule has 2 heterocycles. The van der Waals surface area contributed by atoms with Crippen molar-refractivity contribution in [1.82, 2.24) is 4.57 Å². The molecule has 14 rings (SSSR count). The van der Waals surface area contributed by atoms with Crippen LogP contribution in [0.4, 0.5) is 17.1 Å². The van der Waals surface area contributed by atoms with Crippen LogP contribution in [0.15, 0.2) is 235 Å². The van der Waals surface area contributed by atoms with Crippen LogP contribution in [0.3, 0.4) is 0 Å². The van der Waals surface area contributed by atoms with E-state index in [1.165, 1.54) is 55.6 Å². The van der Waals surface area contributed by atoms with Gasteiger partial charge < -0.3 is 13.9 Å². The largest absolute Gasteiger partial charge is 0.454 e. The fourth-order valence-corrected chi connectivity index (χ4v) is 11.4. The van der Waals surface area contributed by atoms with Gasteiger partial charge in [0.2, 0.25) is 0 Å². The topological polar surface area (TPSA) is 21.3 Å². The molecule has 3 nitrogen and oxygen atoms in total. The van der Waals surface area contributed by atoms with Crippen LogP contribution in [-0.2, 0) is 5.41 Å². The number of para-hydroxylation sites is 2. The molecule has 0 fully saturated rings. The van der Waals surface area contributed by atoms with Gasteiger partial charge in [0.25, 0.3) is 0 Å². The fourth-order valence-electron chi connectivity index (χ4n) is 11.4. The number of aromatic nitrogens is 1. The van der Waals surface area contributed by atoms with E-state index in [0.717, 1.165) is 66.5 Å². The Hall–Kier alpha value is -8.40. The van der Waals surface area contributed by atoms with Crippen LogP contribution in [0.1, 0.15) is 22.3 Å². The molecular weight excluding hydrogens is 777 g/mol. The molecule has 0 amide bonds. The molecule has 2 aromatic heterocycles. The number of hydrogen-bond acceptors (Lipinski definition) is 2. The lowest BCUT2D eigenvalue weighted by atomic mass is 9.70. The molecule has 12 aromatic rings. The third kappa shape index (κ3) is 4.70. The van der Waals surface area contributed by atoms with Crippen molar-refractivity contribution < 1.29 is 4.42 Å². The first-order chi connectivity index (χ1) is 31.8. The SMILES string of the molecule is c1ccc(-c2ccc(N(c3ccc4c(c3)c3ccc5c6ccccc6oc5c3n4-c3ccccc3)c3cccc4c3-c3ccccc3C43c4ccccc4-c4ccccc43)cc2)cc1. The summed E-state index contributed by atoms with van der Waals surface area (Å²) in [5.41, 5.74) is 20.7. The second-order valence-corrected chi connectivity index (χ2v) is 17.1. The zero-order valence-electron chi connectivity index (χ0n) is 34.7. The molecule has 1 spiro atoms. The van der Waals surface area contributed by atoms with Crippen LogP contribution in [0.2, 0.25) is 0 Å². The first kappa shape index (κ1) is 35.2. The Balaban J connectivity index is 1.06. The summed E-state index contributed by atoms with van der Waals surface area (Å²) in [4.78, 5) is 2.49. The maximum Gasteiger partial charge on any atom is 0.160 e. The zero-order chi connectivity index (χ0) is 41.9. The minimum atomic E-state index is -0.455. The monoisotopic (exact) mass is 814 g/mol. The van der Waals surface area contributed by atoms with Gasteiger partial charge in [0.15, 0.2) is 5.58 Å². The molecule has 0 N–H and O–H groups in total. The average Bonchev–Trinajstić information content (AvgIpc) is 4.09. The van der Waals surface area contributed by atoms with Gasteiger partial charge in [-0.3, -0.25) is 0 Å². The average molecular weight is 815 g/mol. The molecule has 64 heavy (non-hydrogen) atoms. The van der Waals surface area contributed by atoms with E-state index < -0.39 is 5.41 Å². The quantitative estimate of drug-likeness (QED) is 0.173. The van der Waals surface area contributed by atoms with Crippen molar-refractivity contribution in [2.24, 2.45) is 0 Å². The van der Waals surface area contributed by atoms with Crippen LogP contribution >= 0.6 is 0 Å². The molecule has 298 valence electrons. The molecule has 0 bridgehead atoms. The Morgan fingerprint density at radius 1 is 0.391 bits per heavy atom. The third-order valence-electron chi connectivity index (χ3n) is 14.0. The summed E-state index contributed by atoms with van der Waals surface area (Å²) in [6, 6.07) is 84.5. The lowest BCUT2D eigenvalue weighted by molar-refractivity contribution is 0.671. The summed E-state index contributed by atoms with van der Waals surface area (Å²) in [6.45, 7) is 0. The second-order valence-electron chi connectivity index (χ2n) is 17.1. The van der Waals surface area contributed by atoms with Crippen LogP contribution in [-0.4, -0.2) is 4.57 Å². The minimum Gasteiger partial charge on any atom is -0.454 e. The lowest BCUT2D eigenvalue weighted by Gasteiger charge is -2.32. The van der Waals surface area contributed by atoms with Gasteiger partial charge in [0.05, 0.1) is 22.1 Å². The molecule has 0 saturated heterocycles. The summed E-state index contributed by atoms with van der Waals surface area (Å²) in [7, 11) is 0. The Bertz CT molecular complexity index is 3790. The number of furan rings is 1. The maximum atomic E-state index is 6.77. The van der Waals surface area contributed by atoms with E-state index in [1.54, 1.807) is 0 Å². The van der Waals surface area contributed by atoms with Crippen molar-refractivity contribution in [3.05, 3.63) is 253 Å². The van der Waals surface area contributed by atoms with Gasteiger partial charge in [0.1, 0.15) is 5.58 Å². The third-order valence-corrected chi connectivity index (χ3v) is 14.0. The highest BCUT2D eigenvalue weighted by atomic mass is 16.3. The Morgan fingerprint density at radius 3 is 1.72 bits per heavy atom. The van der Waals surface area contributed by atoms with Gasteiger partial charge in [-0.2, -0.15) is 0 Å². The summed E-state index contributed by atoms with van der Waals surface area (Å²) in [5.74, 6) is 0. The van der Waals surface area contributed by atoms with Gasteiger partial charge in [0, 0.05) is 44.2 Å². The second kappa shape index (κ2) is 13.3. The van der Waals surface area contributed by atoms with Crippen molar-refractivity contribution in [3.8, 4) is 39.1 Å². The van der Waals surface area contributed by atoms with Crippen LogP contribution in [0.25, 0.3) is 82.8 Å². The Kier molecular flexibility index (Phi) is 7.32. The normalized spacial score (nSPS) is 13.1. The predicted octanol–water partition coefficient (Wildman–Crippen LogP) is 16.2. The highest BCUT2D eigenvalue weighted by molar-refractivity contribution is 6.22. The van der Waals surface area contributed by atoms with E-state index in [-0.39, 0.29) is 0 Å². The molecule has 0 saturated carbocycles. The van der Waals surface area contributed by atoms with E-state index in [2.05, 4.69) is 234 Å². The van der Waals surface area contributed by atoms with Crippen LogP contribution in [0.5, 0.6) is 0 Å². The fraction of sp³-hybridized carbons (Fsp3) is 0.0164. The standard InChI is InChI=1S/C61H38N2O/c1-3-16-39(17-4-1)40-30-32-42(33-31-40)62(56-28-15-27-54-58(56)49-23-9-13-26-53(49)61(54)51-24-11-7-20-44(51)45-21-8-12-25-52(45)61)43-34-37-55-50(38-43)47-35-36-48-46-22-10-14-29-57(46)64-60(48)59(47)63(55)41-18-5-2-6-19-41/h1-38H. The van der Waals surface area contributed by atoms with Crippen LogP contribution in [0, 0.1) is 0 Å². The number of rotatable bonds is 5. The first-order valence-corrected chi connectivity index (χ1v) is 22.1. The summed E-state index contributed by atoms with van der Waals surface area (Å²) in [6.07, 6.45) is 0. The van der Waals surface area contributed by atoms with E-state index in [4.69, 9.17) is 4.42 Å². The van der Waals surface area contributed by atoms with Crippen molar-refractivity contribution in [1.29, 1.82) is 0 Å². The molecule has 0 radical (unpaired) electrons. The maximum absolute atomic E-state index is 6.77. The molecular formula is C61H38N2O. The minimum absolute atomic E-state index is 0.455. The van der Waals surface area contributed by atoms with Crippen molar-refractivity contribution in [2.75, 3.05) is 4.90 Å². The van der Waals surface area contributed by atoms with Gasteiger partial charge >= 0.3 is 0 Å². The molecule has 0 atom stereocenters. The smallest absolute Gasteiger partial charge is 0.160 e. The number of fused-ring (bicyclic) bond motifs is 17. The van der Waals surface area contributed by atoms with E-state index in [0.29, 0.717) is 0 Å². The molecule has 2 aliphatic rings. The number of nitrogens with zero attached hydrogens (tertiary/aromatic N) is 2.